The Morgan fingerprint density at radius 3 is 1.98 bits per heavy atom. The molecule has 20 heteroatoms. The molecule has 1 aromatic rings. The smallest absolute Gasteiger partial charge is 0.339 e. The molecular weight excluding hydrogens is 620 g/mol. The summed E-state index contributed by atoms with van der Waals surface area (Å²) < 4.78 is 43.3. The lowest BCUT2D eigenvalue weighted by Gasteiger charge is -2.47. The lowest BCUT2D eigenvalue weighted by atomic mass is 9.94. The number of carbonyl (C=O) groups is 5. The van der Waals surface area contributed by atoms with Crippen molar-refractivity contribution in [2.75, 3.05) is 13.7 Å². The van der Waals surface area contributed by atoms with E-state index in [1.54, 1.807) is 18.2 Å². The molecule has 2 aliphatic rings. The monoisotopic (exact) mass is 650 g/mol. The molecular formula is C26H30N6O14. The Kier molecular flexibility index (Phi) is 12.6. The van der Waals surface area contributed by atoms with Gasteiger partial charge in [-0.05, 0) is 23.2 Å². The number of rotatable bonds is 11. The highest BCUT2D eigenvalue weighted by molar-refractivity contribution is 5.89. The van der Waals surface area contributed by atoms with Crippen LogP contribution in [0.3, 0.4) is 0 Å². The minimum atomic E-state index is -1.92. The van der Waals surface area contributed by atoms with Crippen LogP contribution >= 0.6 is 0 Å². The van der Waals surface area contributed by atoms with Crippen molar-refractivity contribution in [3.63, 3.8) is 0 Å². The van der Waals surface area contributed by atoms with Gasteiger partial charge in [0, 0.05) is 30.6 Å². The van der Waals surface area contributed by atoms with Crippen molar-refractivity contribution in [3.05, 3.63) is 56.8 Å². The third-order valence-corrected chi connectivity index (χ3v) is 6.55. The number of azide groups is 2. The van der Waals surface area contributed by atoms with Crippen LogP contribution in [-0.4, -0.2) is 110 Å². The van der Waals surface area contributed by atoms with E-state index < -0.39 is 97.7 Å². The van der Waals surface area contributed by atoms with E-state index in [4.69, 9.17) is 37.9 Å². The minimum absolute atomic E-state index is 0.0456. The van der Waals surface area contributed by atoms with Crippen LogP contribution in [0.25, 0.3) is 20.9 Å². The predicted molar refractivity (Wildman–Crippen MR) is 146 cm³/mol. The van der Waals surface area contributed by atoms with Crippen LogP contribution in [0, 0.1) is 0 Å². The van der Waals surface area contributed by atoms with Crippen molar-refractivity contribution in [3.8, 4) is 0 Å². The van der Waals surface area contributed by atoms with Gasteiger partial charge in [0.25, 0.3) is 0 Å². The van der Waals surface area contributed by atoms with E-state index in [1.165, 1.54) is 12.1 Å². The Hall–Kier alpha value is -4.97. The SMILES string of the molecule is COC(=O)[C@H]1O[C@@H](O[C@H]2[C@H](OC(=O)c3ccccc3)[C@@H](N=[N+]=[N-])C(O)O[C@@H]2COC(C)=O)[C@@H](N=[N+]=[N-])[C@@H](OC(C)=O)[C@@H]1OC(C)=O. The number of hydrogen-bond acceptors (Lipinski definition) is 16. The molecule has 46 heavy (non-hydrogen) atoms. The number of methoxy groups -OCH3 is 1. The molecule has 0 spiro atoms. The van der Waals surface area contributed by atoms with E-state index in [-0.39, 0.29) is 5.56 Å². The van der Waals surface area contributed by atoms with Crippen molar-refractivity contribution in [2.45, 2.75) is 82.1 Å². The molecule has 2 fully saturated rings. The summed E-state index contributed by atoms with van der Waals surface area (Å²) in [5, 5.41) is 17.8. The van der Waals surface area contributed by atoms with Crippen LogP contribution in [0.5, 0.6) is 0 Å². The topological polar surface area (TPSA) is 277 Å². The number of nitrogens with zero attached hydrogens (tertiary/aromatic N) is 6. The second-order valence-corrected chi connectivity index (χ2v) is 9.69. The van der Waals surface area contributed by atoms with Crippen LogP contribution in [0.15, 0.2) is 40.6 Å². The van der Waals surface area contributed by atoms with E-state index in [0.29, 0.717) is 0 Å². The molecule has 1 N–H and O–H groups in total. The minimum Gasteiger partial charge on any atom is -0.467 e. The second kappa shape index (κ2) is 16.4. The zero-order chi connectivity index (χ0) is 34.0. The molecule has 0 aliphatic carbocycles. The largest absolute Gasteiger partial charge is 0.467 e. The Bertz CT molecular complexity index is 1380. The van der Waals surface area contributed by atoms with Crippen molar-refractivity contribution >= 4 is 29.8 Å². The summed E-state index contributed by atoms with van der Waals surface area (Å²) in [5.74, 6) is -4.74. The Labute approximate surface area is 259 Å². The molecule has 3 rings (SSSR count). The second-order valence-electron chi connectivity index (χ2n) is 9.69. The quantitative estimate of drug-likeness (QED) is 0.115. The first-order valence-electron chi connectivity index (χ1n) is 13.5. The van der Waals surface area contributed by atoms with Crippen molar-refractivity contribution in [2.24, 2.45) is 10.2 Å². The zero-order valence-corrected chi connectivity index (χ0v) is 24.8. The van der Waals surface area contributed by atoms with Crippen LogP contribution in [0.4, 0.5) is 0 Å². The maximum Gasteiger partial charge on any atom is 0.339 e. The van der Waals surface area contributed by atoms with Crippen molar-refractivity contribution in [1.29, 1.82) is 0 Å². The normalized spacial score (nSPS) is 30.3. The molecule has 0 aromatic heterocycles. The Morgan fingerprint density at radius 1 is 0.826 bits per heavy atom. The summed E-state index contributed by atoms with van der Waals surface area (Å²) in [6, 6.07) is 4.16. The first-order chi connectivity index (χ1) is 21.9. The van der Waals surface area contributed by atoms with Gasteiger partial charge in [0.1, 0.15) is 37.0 Å². The fourth-order valence-corrected chi connectivity index (χ4v) is 4.71. The molecule has 2 aliphatic heterocycles. The maximum absolute atomic E-state index is 13.2. The number of hydrogen-bond donors (Lipinski definition) is 1. The van der Waals surface area contributed by atoms with Crippen LogP contribution in [0.1, 0.15) is 31.1 Å². The summed E-state index contributed by atoms with van der Waals surface area (Å²) in [6.07, 6.45) is -13.9. The molecule has 1 aromatic carbocycles. The highest BCUT2D eigenvalue weighted by Gasteiger charge is 2.56. The molecule has 0 amide bonds. The number of carbonyl (C=O) groups excluding carboxylic acids is 5. The number of benzene rings is 1. The maximum atomic E-state index is 13.2. The first kappa shape index (κ1) is 35.5. The van der Waals surface area contributed by atoms with Crippen LogP contribution < -0.4 is 0 Å². The number of aliphatic hydroxyl groups excluding tert-OH is 1. The summed E-state index contributed by atoms with van der Waals surface area (Å²) in [4.78, 5) is 67.1. The lowest BCUT2D eigenvalue weighted by molar-refractivity contribution is -0.320. The van der Waals surface area contributed by atoms with Gasteiger partial charge in [-0.15, -0.1) is 0 Å². The van der Waals surface area contributed by atoms with Gasteiger partial charge in [-0.2, -0.15) is 0 Å². The molecule has 248 valence electrons. The van der Waals surface area contributed by atoms with Gasteiger partial charge in [0.05, 0.1) is 12.7 Å². The van der Waals surface area contributed by atoms with Gasteiger partial charge >= 0.3 is 29.8 Å². The fraction of sp³-hybridized carbons (Fsp3) is 0.577. The average molecular weight is 651 g/mol. The molecule has 2 heterocycles. The Balaban J connectivity index is 2.15. The van der Waals surface area contributed by atoms with Gasteiger partial charge in [-0.3, -0.25) is 14.4 Å². The summed E-state index contributed by atoms with van der Waals surface area (Å²) in [6.45, 7) is 2.44. The van der Waals surface area contributed by atoms with Gasteiger partial charge in [-0.25, -0.2) is 9.59 Å². The van der Waals surface area contributed by atoms with Crippen molar-refractivity contribution in [1.82, 2.24) is 0 Å². The van der Waals surface area contributed by atoms with Gasteiger partial charge in [0.15, 0.2) is 30.9 Å². The summed E-state index contributed by atoms with van der Waals surface area (Å²) >= 11 is 0. The number of aliphatic hydroxyl groups is 1. The van der Waals surface area contributed by atoms with E-state index >= 15 is 0 Å². The summed E-state index contributed by atoms with van der Waals surface area (Å²) in [7, 11) is 0.988. The van der Waals surface area contributed by atoms with E-state index in [9.17, 15) is 40.1 Å². The van der Waals surface area contributed by atoms with Crippen molar-refractivity contribution < 1.29 is 67.0 Å². The molecule has 0 radical (unpaired) electrons. The fourth-order valence-electron chi connectivity index (χ4n) is 4.71. The molecule has 10 atom stereocenters. The number of ether oxygens (including phenoxy) is 8. The molecule has 0 saturated carbocycles. The molecule has 1 unspecified atom stereocenters. The zero-order valence-electron chi connectivity index (χ0n) is 24.8. The molecule has 0 bridgehead atoms. The van der Waals surface area contributed by atoms with Crippen LogP contribution in [0.2, 0.25) is 0 Å². The van der Waals surface area contributed by atoms with E-state index in [0.717, 1.165) is 27.9 Å². The van der Waals surface area contributed by atoms with Crippen LogP contribution in [-0.2, 0) is 57.1 Å². The molecule has 2 saturated heterocycles. The number of esters is 5. The standard InChI is InChI=1S/C26H30N6O14/c1-11(33)40-10-15-18(19(16(29-31-27)24(37)43-15)44-23(36)14-8-6-5-7-9-14)45-26-17(30-32-28)20(41-12(2)34)21(42-13(3)35)22(46-26)25(38)39-4/h5-9,15-22,24,26,37H,10H2,1-4H3/t15-,16-,17+,18-,19-,20-,21+,22+,24?,26-/m1/s1. The predicted octanol–water partition coefficient (Wildman–Crippen LogP) is 0.997. The van der Waals surface area contributed by atoms with Gasteiger partial charge < -0.3 is 43.0 Å². The lowest BCUT2D eigenvalue weighted by Crippen LogP contribution is -2.66. The van der Waals surface area contributed by atoms with Gasteiger partial charge in [-0.1, -0.05) is 28.4 Å². The third-order valence-electron chi connectivity index (χ3n) is 6.55. The average Bonchev–Trinajstić information content (AvgIpc) is 3.01. The highest BCUT2D eigenvalue weighted by Crippen LogP contribution is 2.35. The van der Waals surface area contributed by atoms with Gasteiger partial charge in [0.2, 0.25) is 0 Å². The van der Waals surface area contributed by atoms with E-state index in [1.807, 2.05) is 0 Å². The third kappa shape index (κ3) is 8.81. The van der Waals surface area contributed by atoms with E-state index in [2.05, 4.69) is 20.1 Å². The summed E-state index contributed by atoms with van der Waals surface area (Å²) in [5.41, 5.74) is 18.7. The highest BCUT2D eigenvalue weighted by atomic mass is 16.7. The Morgan fingerprint density at radius 2 is 1.41 bits per heavy atom. The molecule has 20 nitrogen and oxygen atoms in total. The first-order valence-corrected chi connectivity index (χ1v) is 13.5.